The van der Waals surface area contributed by atoms with Crippen molar-refractivity contribution in [1.82, 2.24) is 10.2 Å². The van der Waals surface area contributed by atoms with E-state index in [1.54, 1.807) is 37.3 Å². The van der Waals surface area contributed by atoms with Gasteiger partial charge in [-0.1, -0.05) is 50.2 Å². The summed E-state index contributed by atoms with van der Waals surface area (Å²) in [5, 5.41) is 2.74. The molecule has 0 saturated heterocycles. The highest BCUT2D eigenvalue weighted by molar-refractivity contribution is 7.92. The number of carbonyl (C=O) groups excluding carboxylic acids is 2. The number of anilines is 1. The molecule has 0 unspecified atom stereocenters. The van der Waals surface area contributed by atoms with Crippen molar-refractivity contribution >= 4 is 27.5 Å². The number of para-hydroxylation sites is 1. The largest absolute Gasteiger partial charge is 0.354 e. The van der Waals surface area contributed by atoms with Crippen LogP contribution in [0.5, 0.6) is 0 Å². The van der Waals surface area contributed by atoms with Crippen molar-refractivity contribution in [1.29, 1.82) is 0 Å². The molecule has 2 aromatic rings. The van der Waals surface area contributed by atoms with E-state index in [2.05, 4.69) is 5.32 Å². The van der Waals surface area contributed by atoms with Gasteiger partial charge < -0.3 is 10.2 Å². The molecule has 7 nitrogen and oxygen atoms in total. The molecule has 0 aliphatic heterocycles. The SMILES string of the molecule is CCCNC(=O)[C@H](C)N(Cc1ccccc1F)C(=O)CN(c1ccccc1CC)S(C)(=O)=O. The average molecular weight is 478 g/mol. The molecule has 0 heterocycles. The van der Waals surface area contributed by atoms with Gasteiger partial charge in [-0.15, -0.1) is 0 Å². The van der Waals surface area contributed by atoms with Gasteiger partial charge in [0.2, 0.25) is 21.8 Å². The molecule has 2 rings (SSSR count). The first-order valence-electron chi connectivity index (χ1n) is 11.0. The molecule has 0 saturated carbocycles. The lowest BCUT2D eigenvalue weighted by atomic mass is 10.1. The van der Waals surface area contributed by atoms with E-state index in [9.17, 15) is 22.4 Å². The number of aryl methyl sites for hydroxylation is 1. The monoisotopic (exact) mass is 477 g/mol. The van der Waals surface area contributed by atoms with Crippen LogP contribution in [0.3, 0.4) is 0 Å². The number of hydrogen-bond acceptors (Lipinski definition) is 4. The first-order chi connectivity index (χ1) is 15.6. The van der Waals surface area contributed by atoms with Gasteiger partial charge in [-0.2, -0.15) is 0 Å². The molecule has 180 valence electrons. The second-order valence-electron chi connectivity index (χ2n) is 7.83. The fourth-order valence-corrected chi connectivity index (χ4v) is 4.32. The highest BCUT2D eigenvalue weighted by Gasteiger charge is 2.31. The molecule has 0 fully saturated rings. The Hall–Kier alpha value is -2.94. The predicted octanol–water partition coefficient (Wildman–Crippen LogP) is 3.10. The van der Waals surface area contributed by atoms with Crippen molar-refractivity contribution in [2.24, 2.45) is 0 Å². The number of benzene rings is 2. The van der Waals surface area contributed by atoms with E-state index in [0.29, 0.717) is 18.7 Å². The van der Waals surface area contributed by atoms with Crippen LogP contribution in [0.15, 0.2) is 48.5 Å². The lowest BCUT2D eigenvalue weighted by Gasteiger charge is -2.32. The average Bonchev–Trinajstić information content (AvgIpc) is 2.79. The van der Waals surface area contributed by atoms with Crippen molar-refractivity contribution in [3.8, 4) is 0 Å². The van der Waals surface area contributed by atoms with Crippen molar-refractivity contribution in [3.05, 3.63) is 65.5 Å². The summed E-state index contributed by atoms with van der Waals surface area (Å²) in [6, 6.07) is 12.0. The molecule has 0 aliphatic carbocycles. The summed E-state index contributed by atoms with van der Waals surface area (Å²) < 4.78 is 40.7. The quantitative estimate of drug-likeness (QED) is 0.539. The normalized spacial score (nSPS) is 12.2. The molecule has 9 heteroatoms. The predicted molar refractivity (Wildman–Crippen MR) is 128 cm³/mol. The first-order valence-corrected chi connectivity index (χ1v) is 12.8. The smallest absolute Gasteiger partial charge is 0.244 e. The number of rotatable bonds is 11. The molecule has 2 aromatic carbocycles. The summed E-state index contributed by atoms with van der Waals surface area (Å²) in [6.07, 6.45) is 2.33. The summed E-state index contributed by atoms with van der Waals surface area (Å²) in [5.41, 5.74) is 1.41. The van der Waals surface area contributed by atoms with Crippen LogP contribution in [0.2, 0.25) is 0 Å². The summed E-state index contributed by atoms with van der Waals surface area (Å²) in [5.74, 6) is -1.50. The standard InChI is InChI=1S/C24H32FN3O4S/c1-5-15-26-24(30)18(3)27(16-20-12-7-9-13-21(20)25)23(29)17-28(33(4,31)32)22-14-10-8-11-19(22)6-2/h7-14,18H,5-6,15-17H2,1-4H3,(H,26,30)/t18-/m0/s1. The molecule has 33 heavy (non-hydrogen) atoms. The maximum Gasteiger partial charge on any atom is 0.244 e. The van der Waals surface area contributed by atoms with E-state index < -0.39 is 34.3 Å². The number of carbonyl (C=O) groups is 2. The third-order valence-electron chi connectivity index (χ3n) is 5.34. The number of sulfonamides is 1. The van der Waals surface area contributed by atoms with Gasteiger partial charge in [0.1, 0.15) is 18.4 Å². The Morgan fingerprint density at radius 1 is 1.03 bits per heavy atom. The highest BCUT2D eigenvalue weighted by atomic mass is 32.2. The Morgan fingerprint density at radius 3 is 2.21 bits per heavy atom. The molecular formula is C24H32FN3O4S. The molecule has 0 spiro atoms. The van der Waals surface area contributed by atoms with Gasteiger partial charge in [0.25, 0.3) is 0 Å². The minimum atomic E-state index is -3.81. The summed E-state index contributed by atoms with van der Waals surface area (Å²) in [6.45, 7) is 5.11. The Labute approximate surface area is 195 Å². The van der Waals surface area contributed by atoms with Crippen LogP contribution >= 0.6 is 0 Å². The zero-order chi connectivity index (χ0) is 24.6. The van der Waals surface area contributed by atoms with E-state index in [-0.39, 0.29) is 18.0 Å². The Bertz CT molecular complexity index is 1070. The van der Waals surface area contributed by atoms with E-state index >= 15 is 0 Å². The van der Waals surface area contributed by atoms with Crippen LogP contribution in [0, 0.1) is 5.82 Å². The highest BCUT2D eigenvalue weighted by Crippen LogP contribution is 2.24. The number of hydrogen-bond donors (Lipinski definition) is 1. The Kier molecular flexibility index (Phi) is 9.40. The van der Waals surface area contributed by atoms with Gasteiger partial charge in [-0.3, -0.25) is 13.9 Å². The number of nitrogens with zero attached hydrogens (tertiary/aromatic N) is 2. The van der Waals surface area contributed by atoms with Crippen LogP contribution in [0.1, 0.15) is 38.3 Å². The fraction of sp³-hybridized carbons (Fsp3) is 0.417. The van der Waals surface area contributed by atoms with Gasteiger partial charge in [-0.25, -0.2) is 12.8 Å². The van der Waals surface area contributed by atoms with Crippen molar-refractivity contribution in [2.75, 3.05) is 23.7 Å². The van der Waals surface area contributed by atoms with Crippen LogP contribution < -0.4 is 9.62 Å². The van der Waals surface area contributed by atoms with E-state index in [0.717, 1.165) is 22.5 Å². The topological polar surface area (TPSA) is 86.8 Å². The lowest BCUT2D eigenvalue weighted by Crippen LogP contribution is -2.51. The Morgan fingerprint density at radius 2 is 1.64 bits per heavy atom. The number of halogens is 1. The van der Waals surface area contributed by atoms with Gasteiger partial charge in [0.15, 0.2) is 0 Å². The van der Waals surface area contributed by atoms with Crippen molar-refractivity contribution in [2.45, 2.75) is 46.2 Å². The molecule has 1 N–H and O–H groups in total. The maximum atomic E-state index is 14.4. The van der Waals surface area contributed by atoms with Gasteiger partial charge in [0.05, 0.1) is 11.9 Å². The summed E-state index contributed by atoms with van der Waals surface area (Å²) in [7, 11) is -3.81. The van der Waals surface area contributed by atoms with E-state index in [1.807, 2.05) is 13.8 Å². The molecular weight excluding hydrogens is 445 g/mol. The van der Waals surface area contributed by atoms with Gasteiger partial charge >= 0.3 is 0 Å². The molecule has 0 bridgehead atoms. The second kappa shape index (κ2) is 11.8. The number of nitrogens with one attached hydrogen (secondary N) is 1. The minimum absolute atomic E-state index is 0.167. The molecule has 0 aliphatic rings. The van der Waals surface area contributed by atoms with Crippen LogP contribution in [0.4, 0.5) is 10.1 Å². The van der Waals surface area contributed by atoms with E-state index in [1.165, 1.54) is 23.1 Å². The van der Waals surface area contributed by atoms with Crippen molar-refractivity contribution in [3.63, 3.8) is 0 Å². The fourth-order valence-electron chi connectivity index (χ4n) is 3.44. The summed E-state index contributed by atoms with van der Waals surface area (Å²) in [4.78, 5) is 27.3. The zero-order valence-corrected chi connectivity index (χ0v) is 20.4. The minimum Gasteiger partial charge on any atom is -0.354 e. The zero-order valence-electron chi connectivity index (χ0n) is 19.5. The second-order valence-corrected chi connectivity index (χ2v) is 9.74. The van der Waals surface area contributed by atoms with Gasteiger partial charge in [0, 0.05) is 18.7 Å². The number of amides is 2. The van der Waals surface area contributed by atoms with Crippen LogP contribution in [-0.2, 0) is 32.6 Å². The van der Waals surface area contributed by atoms with Crippen LogP contribution in [-0.4, -0.2) is 50.5 Å². The third-order valence-corrected chi connectivity index (χ3v) is 6.46. The molecule has 0 aromatic heterocycles. The first kappa shape index (κ1) is 26.3. The van der Waals surface area contributed by atoms with Crippen molar-refractivity contribution < 1.29 is 22.4 Å². The Balaban J connectivity index is 2.42. The third kappa shape index (κ3) is 7.02. The summed E-state index contributed by atoms with van der Waals surface area (Å²) >= 11 is 0. The van der Waals surface area contributed by atoms with E-state index in [4.69, 9.17) is 0 Å². The maximum absolute atomic E-state index is 14.4. The van der Waals surface area contributed by atoms with Gasteiger partial charge in [-0.05, 0) is 37.5 Å². The molecule has 0 radical (unpaired) electrons. The molecule has 1 atom stereocenters. The molecule has 2 amide bonds. The lowest BCUT2D eigenvalue weighted by molar-refractivity contribution is -0.139. The van der Waals surface area contributed by atoms with Crippen LogP contribution in [0.25, 0.3) is 0 Å².